The lowest BCUT2D eigenvalue weighted by molar-refractivity contribution is -0.142. The number of carbonyl (C=O) groups excluding carboxylic acids is 3. The standard InChI is InChI=1S/C10H14O3.C7H11NO2/c1-2-4-7(11)10-8(12)5-3-6-9(10)13;1-3-5-8(6-4-2)7(9)10/h10H,2-6H2,1H3;3-4H,1-2,5-6H2,(H,9,10). The molecule has 0 aromatic heterocycles. The second-order valence-electron chi connectivity index (χ2n) is 5.20. The summed E-state index contributed by atoms with van der Waals surface area (Å²) in [6, 6.07) is 0. The van der Waals surface area contributed by atoms with Crippen LogP contribution in [-0.4, -0.2) is 46.5 Å². The molecule has 128 valence electrons. The first-order valence-electron chi connectivity index (χ1n) is 7.66. The third kappa shape index (κ3) is 7.54. The zero-order chi connectivity index (χ0) is 17.8. The predicted octanol–water partition coefficient (Wildman–Crippen LogP) is 2.63. The summed E-state index contributed by atoms with van der Waals surface area (Å²) < 4.78 is 0. The zero-order valence-electron chi connectivity index (χ0n) is 13.6. The van der Waals surface area contributed by atoms with Gasteiger partial charge in [0.25, 0.3) is 0 Å². The van der Waals surface area contributed by atoms with Gasteiger partial charge in [0.05, 0.1) is 0 Å². The van der Waals surface area contributed by atoms with E-state index in [-0.39, 0.29) is 17.3 Å². The number of rotatable bonds is 7. The van der Waals surface area contributed by atoms with Crippen molar-refractivity contribution in [2.24, 2.45) is 5.92 Å². The summed E-state index contributed by atoms with van der Waals surface area (Å²) in [5.74, 6) is -1.43. The van der Waals surface area contributed by atoms with E-state index in [0.717, 1.165) is 0 Å². The largest absolute Gasteiger partial charge is 0.465 e. The molecule has 23 heavy (non-hydrogen) atoms. The lowest BCUT2D eigenvalue weighted by Gasteiger charge is -2.17. The lowest BCUT2D eigenvalue weighted by atomic mass is 9.82. The van der Waals surface area contributed by atoms with Crippen molar-refractivity contribution in [3.05, 3.63) is 25.3 Å². The fourth-order valence-electron chi connectivity index (χ4n) is 2.20. The average molecular weight is 323 g/mol. The molecule has 6 heteroatoms. The number of hydrogen-bond donors (Lipinski definition) is 1. The van der Waals surface area contributed by atoms with E-state index in [1.54, 1.807) is 0 Å². The molecule has 1 aliphatic rings. The van der Waals surface area contributed by atoms with Crippen LogP contribution in [0.3, 0.4) is 0 Å². The highest BCUT2D eigenvalue weighted by atomic mass is 16.4. The molecule has 0 spiro atoms. The molecule has 0 radical (unpaired) electrons. The summed E-state index contributed by atoms with van der Waals surface area (Å²) >= 11 is 0. The Balaban J connectivity index is 0.000000438. The quantitative estimate of drug-likeness (QED) is 0.574. The van der Waals surface area contributed by atoms with E-state index in [2.05, 4.69) is 13.2 Å². The molecule has 0 heterocycles. The van der Waals surface area contributed by atoms with Crippen LogP contribution in [0.2, 0.25) is 0 Å². The highest BCUT2D eigenvalue weighted by molar-refractivity contribution is 6.20. The van der Waals surface area contributed by atoms with E-state index in [4.69, 9.17) is 5.11 Å². The molecule has 1 rings (SSSR count). The van der Waals surface area contributed by atoms with Gasteiger partial charge in [-0.1, -0.05) is 19.1 Å². The minimum absolute atomic E-state index is 0.172. The molecule has 0 saturated heterocycles. The maximum absolute atomic E-state index is 11.4. The van der Waals surface area contributed by atoms with Crippen molar-refractivity contribution in [1.29, 1.82) is 0 Å². The van der Waals surface area contributed by atoms with Crippen LogP contribution >= 0.6 is 0 Å². The fourth-order valence-corrected chi connectivity index (χ4v) is 2.20. The van der Waals surface area contributed by atoms with Crippen molar-refractivity contribution in [2.75, 3.05) is 13.1 Å². The van der Waals surface area contributed by atoms with Gasteiger partial charge in [0.2, 0.25) is 0 Å². The van der Waals surface area contributed by atoms with E-state index in [1.807, 2.05) is 6.92 Å². The van der Waals surface area contributed by atoms with Gasteiger partial charge < -0.3 is 10.0 Å². The summed E-state index contributed by atoms with van der Waals surface area (Å²) in [4.78, 5) is 45.5. The smallest absolute Gasteiger partial charge is 0.407 e. The average Bonchev–Trinajstić information content (AvgIpc) is 2.47. The van der Waals surface area contributed by atoms with E-state index in [1.165, 1.54) is 17.1 Å². The SMILES string of the molecule is C=CCN(CC=C)C(=O)O.CCCC(=O)C1C(=O)CCCC1=O. The van der Waals surface area contributed by atoms with Crippen LogP contribution in [0.1, 0.15) is 39.0 Å². The Kier molecular flexibility index (Phi) is 10.2. The molecule has 0 atom stereocenters. The van der Waals surface area contributed by atoms with Gasteiger partial charge in [-0.15, -0.1) is 13.2 Å². The highest BCUT2D eigenvalue weighted by Gasteiger charge is 2.34. The Bertz CT molecular complexity index is 444. The van der Waals surface area contributed by atoms with Gasteiger partial charge in [0.1, 0.15) is 5.92 Å². The Morgan fingerprint density at radius 2 is 1.65 bits per heavy atom. The van der Waals surface area contributed by atoms with Crippen LogP contribution in [0.25, 0.3) is 0 Å². The third-order valence-corrected chi connectivity index (χ3v) is 3.28. The highest BCUT2D eigenvalue weighted by Crippen LogP contribution is 2.19. The summed E-state index contributed by atoms with van der Waals surface area (Å²) in [5, 5.41) is 8.47. The van der Waals surface area contributed by atoms with Crippen molar-refractivity contribution < 1.29 is 24.3 Å². The molecule has 1 saturated carbocycles. The maximum atomic E-state index is 11.4. The van der Waals surface area contributed by atoms with Gasteiger partial charge in [0.15, 0.2) is 17.3 Å². The molecule has 0 aromatic rings. The first-order chi connectivity index (χ1) is 10.9. The maximum Gasteiger partial charge on any atom is 0.407 e. The molecule has 1 N–H and O–H groups in total. The van der Waals surface area contributed by atoms with E-state index >= 15 is 0 Å². The van der Waals surface area contributed by atoms with Crippen LogP contribution in [0.4, 0.5) is 4.79 Å². The van der Waals surface area contributed by atoms with E-state index in [0.29, 0.717) is 45.2 Å². The normalized spacial score (nSPS) is 14.5. The fraction of sp³-hybridized carbons (Fsp3) is 0.529. The van der Waals surface area contributed by atoms with Gasteiger partial charge in [0, 0.05) is 32.4 Å². The van der Waals surface area contributed by atoms with Crippen molar-refractivity contribution in [1.82, 2.24) is 4.90 Å². The molecule has 0 aromatic carbocycles. The van der Waals surface area contributed by atoms with Crippen molar-refractivity contribution in [3.63, 3.8) is 0 Å². The molecule has 0 bridgehead atoms. The van der Waals surface area contributed by atoms with E-state index in [9.17, 15) is 19.2 Å². The van der Waals surface area contributed by atoms with Crippen molar-refractivity contribution in [3.8, 4) is 0 Å². The van der Waals surface area contributed by atoms with Gasteiger partial charge >= 0.3 is 6.09 Å². The van der Waals surface area contributed by atoms with Crippen LogP contribution in [-0.2, 0) is 14.4 Å². The number of amides is 1. The molecular weight excluding hydrogens is 298 g/mol. The van der Waals surface area contributed by atoms with Crippen molar-refractivity contribution in [2.45, 2.75) is 39.0 Å². The summed E-state index contributed by atoms with van der Waals surface area (Å²) in [5.41, 5.74) is 0. The molecular formula is C17H25NO5. The van der Waals surface area contributed by atoms with Gasteiger partial charge in [-0.25, -0.2) is 4.79 Å². The number of carbonyl (C=O) groups is 4. The number of Topliss-reactive ketones (excluding diaryl/α,β-unsaturated/α-hetero) is 3. The summed E-state index contributed by atoms with van der Waals surface area (Å²) in [7, 11) is 0. The molecule has 1 aliphatic carbocycles. The number of hydrogen-bond acceptors (Lipinski definition) is 4. The number of carboxylic acid groups (broad SMARTS) is 1. The Morgan fingerprint density at radius 1 is 1.17 bits per heavy atom. The van der Waals surface area contributed by atoms with Gasteiger partial charge in [-0.05, 0) is 12.8 Å². The number of ketones is 3. The van der Waals surface area contributed by atoms with Crippen LogP contribution in [0, 0.1) is 5.92 Å². The third-order valence-electron chi connectivity index (χ3n) is 3.28. The van der Waals surface area contributed by atoms with Gasteiger partial charge in [-0.2, -0.15) is 0 Å². The first-order valence-corrected chi connectivity index (χ1v) is 7.66. The zero-order valence-corrected chi connectivity index (χ0v) is 13.6. The topological polar surface area (TPSA) is 91.8 Å². The lowest BCUT2D eigenvalue weighted by Crippen LogP contribution is -2.35. The molecule has 0 aliphatic heterocycles. The monoisotopic (exact) mass is 323 g/mol. The van der Waals surface area contributed by atoms with Gasteiger partial charge in [-0.3, -0.25) is 14.4 Å². The number of nitrogens with zero attached hydrogens (tertiary/aromatic N) is 1. The van der Waals surface area contributed by atoms with Crippen LogP contribution in [0.15, 0.2) is 25.3 Å². The van der Waals surface area contributed by atoms with Crippen molar-refractivity contribution >= 4 is 23.4 Å². The Morgan fingerprint density at radius 3 is 2.00 bits per heavy atom. The molecule has 6 nitrogen and oxygen atoms in total. The second-order valence-corrected chi connectivity index (χ2v) is 5.20. The summed E-state index contributed by atoms with van der Waals surface area (Å²) in [6.07, 6.45) is 4.60. The minimum atomic E-state index is -0.945. The Hall–Kier alpha value is -2.24. The minimum Gasteiger partial charge on any atom is -0.465 e. The first kappa shape index (κ1) is 20.8. The Labute approximate surface area is 136 Å². The molecule has 1 fully saturated rings. The second kappa shape index (κ2) is 11.3. The summed E-state index contributed by atoms with van der Waals surface area (Å²) in [6.45, 7) is 9.42. The van der Waals surface area contributed by atoms with Crippen LogP contribution in [0.5, 0.6) is 0 Å². The molecule has 0 unspecified atom stereocenters. The predicted molar refractivity (Wildman–Crippen MR) is 87.3 cm³/mol. The molecule has 1 amide bonds. The van der Waals surface area contributed by atoms with E-state index < -0.39 is 12.0 Å². The van der Waals surface area contributed by atoms with Crippen LogP contribution < -0.4 is 0 Å².